The van der Waals surface area contributed by atoms with E-state index in [1.807, 2.05) is 13.0 Å². The third-order valence-corrected chi connectivity index (χ3v) is 3.11. The number of hydrogen-bond donors (Lipinski definition) is 0. The summed E-state index contributed by atoms with van der Waals surface area (Å²) in [7, 11) is 0. The maximum atomic E-state index is 13.7. The lowest BCUT2D eigenvalue weighted by molar-refractivity contribution is 0.0750. The lowest BCUT2D eigenvalue weighted by Gasteiger charge is -2.21. The zero-order valence-corrected chi connectivity index (χ0v) is 11.6. The Morgan fingerprint density at radius 1 is 1.33 bits per heavy atom. The highest BCUT2D eigenvalue weighted by Gasteiger charge is 2.16. The molecule has 1 aromatic heterocycles. The topological polar surface area (TPSA) is 57.0 Å². The van der Waals surface area contributed by atoms with E-state index in [4.69, 9.17) is 5.26 Å². The van der Waals surface area contributed by atoms with Crippen molar-refractivity contribution >= 4 is 5.91 Å². The molecule has 0 aliphatic carbocycles. The summed E-state index contributed by atoms with van der Waals surface area (Å²) in [5.74, 6) is -0.570. The van der Waals surface area contributed by atoms with E-state index < -0.39 is 0 Å². The van der Waals surface area contributed by atoms with Crippen molar-refractivity contribution in [2.75, 3.05) is 6.54 Å². The molecule has 0 unspecified atom stereocenters. The molecule has 5 heteroatoms. The van der Waals surface area contributed by atoms with E-state index >= 15 is 0 Å². The van der Waals surface area contributed by atoms with Crippen LogP contribution in [0.4, 0.5) is 4.39 Å². The number of carbonyl (C=O) groups is 1. The largest absolute Gasteiger partial charge is 0.334 e. The van der Waals surface area contributed by atoms with Gasteiger partial charge in [-0.05, 0) is 25.1 Å². The van der Waals surface area contributed by atoms with Crippen molar-refractivity contribution in [3.63, 3.8) is 0 Å². The minimum Gasteiger partial charge on any atom is -0.334 e. The SMILES string of the molecule is CCN(Cc1ccccc1F)C(=O)c1ccc(C#N)nc1. The quantitative estimate of drug-likeness (QED) is 0.867. The lowest BCUT2D eigenvalue weighted by Crippen LogP contribution is -2.30. The van der Waals surface area contributed by atoms with Gasteiger partial charge < -0.3 is 4.90 Å². The summed E-state index contributed by atoms with van der Waals surface area (Å²) in [5.41, 5.74) is 1.10. The van der Waals surface area contributed by atoms with Crippen LogP contribution in [0, 0.1) is 17.1 Å². The number of aromatic nitrogens is 1. The number of amides is 1. The minimum absolute atomic E-state index is 0.196. The van der Waals surface area contributed by atoms with Crippen LogP contribution in [0.25, 0.3) is 0 Å². The normalized spacial score (nSPS) is 9.95. The van der Waals surface area contributed by atoms with E-state index in [1.165, 1.54) is 23.2 Å². The first kappa shape index (κ1) is 14.7. The van der Waals surface area contributed by atoms with Crippen LogP contribution in [0.2, 0.25) is 0 Å². The van der Waals surface area contributed by atoms with Gasteiger partial charge in [-0.15, -0.1) is 0 Å². The van der Waals surface area contributed by atoms with Gasteiger partial charge in [-0.3, -0.25) is 4.79 Å². The van der Waals surface area contributed by atoms with Gasteiger partial charge in [0.05, 0.1) is 5.56 Å². The second-order valence-corrected chi connectivity index (χ2v) is 4.45. The van der Waals surface area contributed by atoms with Crippen molar-refractivity contribution in [1.82, 2.24) is 9.88 Å². The number of nitriles is 1. The van der Waals surface area contributed by atoms with Gasteiger partial charge in [-0.2, -0.15) is 5.26 Å². The van der Waals surface area contributed by atoms with Crippen molar-refractivity contribution in [2.24, 2.45) is 0 Å². The molecule has 4 nitrogen and oxygen atoms in total. The van der Waals surface area contributed by atoms with Crippen molar-refractivity contribution in [3.05, 3.63) is 65.2 Å². The molecule has 106 valence electrons. The summed E-state index contributed by atoms with van der Waals surface area (Å²) in [6.45, 7) is 2.48. The van der Waals surface area contributed by atoms with Crippen LogP contribution < -0.4 is 0 Å². The Labute approximate surface area is 122 Å². The third kappa shape index (κ3) is 3.42. The van der Waals surface area contributed by atoms with Gasteiger partial charge in [-0.25, -0.2) is 9.37 Å². The summed E-state index contributed by atoms with van der Waals surface area (Å²) in [5, 5.41) is 8.70. The van der Waals surface area contributed by atoms with E-state index in [0.29, 0.717) is 17.7 Å². The van der Waals surface area contributed by atoms with E-state index in [-0.39, 0.29) is 24.0 Å². The molecule has 0 radical (unpaired) electrons. The molecule has 2 aromatic rings. The van der Waals surface area contributed by atoms with Gasteiger partial charge >= 0.3 is 0 Å². The third-order valence-electron chi connectivity index (χ3n) is 3.11. The second-order valence-electron chi connectivity index (χ2n) is 4.45. The van der Waals surface area contributed by atoms with Gasteiger partial charge in [0.2, 0.25) is 0 Å². The Hall–Kier alpha value is -2.74. The average molecular weight is 283 g/mol. The highest BCUT2D eigenvalue weighted by atomic mass is 19.1. The second kappa shape index (κ2) is 6.62. The molecule has 0 spiro atoms. The van der Waals surface area contributed by atoms with Gasteiger partial charge in [0.25, 0.3) is 5.91 Å². The molecule has 0 N–H and O–H groups in total. The van der Waals surface area contributed by atoms with E-state index in [1.54, 1.807) is 24.3 Å². The zero-order chi connectivity index (χ0) is 15.2. The molecule has 0 aliphatic rings. The molecular formula is C16H14FN3O. The molecule has 0 saturated heterocycles. The Bertz CT molecular complexity index is 677. The number of nitrogens with zero attached hydrogens (tertiary/aromatic N) is 3. The smallest absolute Gasteiger partial charge is 0.255 e. The minimum atomic E-state index is -0.332. The summed E-state index contributed by atoms with van der Waals surface area (Å²) < 4.78 is 13.7. The van der Waals surface area contributed by atoms with E-state index in [0.717, 1.165) is 0 Å². The summed E-state index contributed by atoms with van der Waals surface area (Å²) in [4.78, 5) is 17.8. The molecule has 2 rings (SSSR count). The Kier molecular flexibility index (Phi) is 4.62. The van der Waals surface area contributed by atoms with Crippen molar-refractivity contribution < 1.29 is 9.18 Å². The number of benzene rings is 1. The fourth-order valence-corrected chi connectivity index (χ4v) is 1.93. The predicted octanol–water partition coefficient (Wildman–Crippen LogP) is 2.75. The van der Waals surface area contributed by atoms with Gasteiger partial charge in [0, 0.05) is 24.8 Å². The van der Waals surface area contributed by atoms with Crippen LogP contribution in [0.1, 0.15) is 28.5 Å². The van der Waals surface area contributed by atoms with Gasteiger partial charge in [-0.1, -0.05) is 18.2 Å². The molecule has 1 amide bonds. The summed E-state index contributed by atoms with van der Waals surface area (Å²) >= 11 is 0. The van der Waals surface area contributed by atoms with Crippen LogP contribution in [0.5, 0.6) is 0 Å². The zero-order valence-electron chi connectivity index (χ0n) is 11.6. The Morgan fingerprint density at radius 2 is 2.10 bits per heavy atom. The van der Waals surface area contributed by atoms with Gasteiger partial charge in [0.15, 0.2) is 0 Å². The predicted molar refractivity (Wildman–Crippen MR) is 75.8 cm³/mol. The Balaban J connectivity index is 2.18. The summed E-state index contributed by atoms with van der Waals surface area (Å²) in [6, 6.07) is 11.3. The fourth-order valence-electron chi connectivity index (χ4n) is 1.93. The Morgan fingerprint density at radius 3 is 2.67 bits per heavy atom. The number of rotatable bonds is 4. The van der Waals surface area contributed by atoms with Crippen molar-refractivity contribution in [3.8, 4) is 6.07 Å². The lowest BCUT2D eigenvalue weighted by atomic mass is 10.1. The van der Waals surface area contributed by atoms with Crippen molar-refractivity contribution in [2.45, 2.75) is 13.5 Å². The maximum Gasteiger partial charge on any atom is 0.255 e. The van der Waals surface area contributed by atoms with Crippen LogP contribution in [0.15, 0.2) is 42.6 Å². The van der Waals surface area contributed by atoms with E-state index in [9.17, 15) is 9.18 Å². The molecular weight excluding hydrogens is 269 g/mol. The molecule has 0 fully saturated rings. The molecule has 0 bridgehead atoms. The van der Waals surface area contributed by atoms with Gasteiger partial charge in [0.1, 0.15) is 17.6 Å². The first-order valence-corrected chi connectivity index (χ1v) is 6.54. The maximum absolute atomic E-state index is 13.7. The number of hydrogen-bond acceptors (Lipinski definition) is 3. The van der Waals surface area contributed by atoms with Crippen LogP contribution >= 0.6 is 0 Å². The molecule has 1 aromatic carbocycles. The molecule has 21 heavy (non-hydrogen) atoms. The first-order chi connectivity index (χ1) is 10.2. The van der Waals surface area contributed by atoms with Crippen LogP contribution in [-0.2, 0) is 6.54 Å². The molecule has 0 saturated carbocycles. The van der Waals surface area contributed by atoms with Crippen LogP contribution in [-0.4, -0.2) is 22.3 Å². The van der Waals surface area contributed by atoms with Crippen LogP contribution in [0.3, 0.4) is 0 Å². The van der Waals surface area contributed by atoms with Crippen molar-refractivity contribution in [1.29, 1.82) is 5.26 Å². The first-order valence-electron chi connectivity index (χ1n) is 6.54. The number of halogens is 1. The fraction of sp³-hybridized carbons (Fsp3) is 0.188. The molecule has 1 heterocycles. The highest BCUT2D eigenvalue weighted by Crippen LogP contribution is 2.12. The molecule has 0 atom stereocenters. The van der Waals surface area contributed by atoms with E-state index in [2.05, 4.69) is 4.98 Å². The number of carbonyl (C=O) groups excluding carboxylic acids is 1. The average Bonchev–Trinajstić information content (AvgIpc) is 2.53. The monoisotopic (exact) mass is 283 g/mol. The highest BCUT2D eigenvalue weighted by molar-refractivity contribution is 5.93. The standard InChI is InChI=1S/C16H14FN3O/c1-2-20(11-13-5-3-4-6-15(13)17)16(21)12-7-8-14(9-18)19-10-12/h3-8,10H,2,11H2,1H3. The summed E-state index contributed by atoms with van der Waals surface area (Å²) in [6.07, 6.45) is 1.37. The molecule has 0 aliphatic heterocycles. The number of pyridine rings is 1.